The van der Waals surface area contributed by atoms with Gasteiger partial charge in [0, 0.05) is 24.2 Å². The molecule has 0 atom stereocenters. The Labute approximate surface area is 137 Å². The molecular formula is C17H14N4O3. The third kappa shape index (κ3) is 3.30. The van der Waals surface area contributed by atoms with Gasteiger partial charge in [0.25, 0.3) is 5.91 Å². The molecule has 2 heterocycles. The largest absolute Gasteiger partial charge is 0.465 e. The smallest absolute Gasteiger partial charge is 0.337 e. The Bertz CT molecular complexity index is 913. The highest BCUT2D eigenvalue weighted by molar-refractivity contribution is 5.95. The highest BCUT2D eigenvalue weighted by atomic mass is 16.5. The zero-order valence-electron chi connectivity index (χ0n) is 12.8. The van der Waals surface area contributed by atoms with Crippen LogP contribution in [0.1, 0.15) is 26.3 Å². The summed E-state index contributed by atoms with van der Waals surface area (Å²) in [4.78, 5) is 27.5. The molecule has 0 saturated heterocycles. The van der Waals surface area contributed by atoms with Crippen LogP contribution in [0.4, 0.5) is 0 Å². The highest BCUT2D eigenvalue weighted by Gasteiger charge is 2.06. The monoisotopic (exact) mass is 322 g/mol. The van der Waals surface area contributed by atoms with Gasteiger partial charge in [-0.3, -0.25) is 4.79 Å². The molecule has 7 heteroatoms. The van der Waals surface area contributed by atoms with Crippen molar-refractivity contribution in [1.29, 1.82) is 0 Å². The van der Waals surface area contributed by atoms with E-state index >= 15 is 0 Å². The lowest BCUT2D eigenvalue weighted by molar-refractivity contribution is 0.0600. The molecule has 0 fully saturated rings. The summed E-state index contributed by atoms with van der Waals surface area (Å²) in [7, 11) is 1.33. The van der Waals surface area contributed by atoms with Crippen molar-refractivity contribution in [3.63, 3.8) is 0 Å². The number of methoxy groups -OCH3 is 1. The second kappa shape index (κ2) is 6.74. The zero-order valence-corrected chi connectivity index (χ0v) is 12.8. The molecule has 0 aliphatic heterocycles. The van der Waals surface area contributed by atoms with Crippen LogP contribution in [0.15, 0.2) is 60.1 Å². The van der Waals surface area contributed by atoms with E-state index in [1.165, 1.54) is 13.3 Å². The Hall–Kier alpha value is -3.48. The molecule has 7 nitrogen and oxygen atoms in total. The Morgan fingerprint density at radius 2 is 1.96 bits per heavy atom. The topological polar surface area (TPSA) is 85.1 Å². The number of rotatable bonds is 4. The van der Waals surface area contributed by atoms with Crippen LogP contribution in [0.3, 0.4) is 0 Å². The highest BCUT2D eigenvalue weighted by Crippen LogP contribution is 2.06. The molecule has 0 unspecified atom stereocenters. The molecule has 1 aromatic carbocycles. The van der Waals surface area contributed by atoms with Crippen LogP contribution in [-0.2, 0) is 4.74 Å². The van der Waals surface area contributed by atoms with Crippen LogP contribution in [0, 0.1) is 0 Å². The van der Waals surface area contributed by atoms with Gasteiger partial charge in [0.05, 0.1) is 18.9 Å². The average Bonchev–Trinajstić information content (AvgIpc) is 3.09. The number of aromatic nitrogens is 2. The van der Waals surface area contributed by atoms with E-state index in [2.05, 4.69) is 20.2 Å². The van der Waals surface area contributed by atoms with Crippen LogP contribution in [0.5, 0.6) is 0 Å². The Balaban J connectivity index is 1.64. The fourth-order valence-electron chi connectivity index (χ4n) is 2.10. The fourth-order valence-corrected chi connectivity index (χ4v) is 2.10. The lowest BCUT2D eigenvalue weighted by atomic mass is 10.1. The second-order valence-corrected chi connectivity index (χ2v) is 4.92. The molecule has 1 N–H and O–H groups in total. The SMILES string of the molecule is COC(=O)c1ccc(C=NNC(=O)c2ccn3ccnc3c2)cc1. The lowest BCUT2D eigenvalue weighted by Gasteiger charge is -2.01. The number of pyridine rings is 1. The number of carbonyl (C=O) groups is 2. The molecule has 0 saturated carbocycles. The third-order valence-electron chi connectivity index (χ3n) is 3.37. The molecule has 3 aromatic rings. The summed E-state index contributed by atoms with van der Waals surface area (Å²) in [6.07, 6.45) is 6.71. The number of nitrogens with zero attached hydrogens (tertiary/aromatic N) is 3. The summed E-state index contributed by atoms with van der Waals surface area (Å²) in [6.45, 7) is 0. The number of hydrazone groups is 1. The van der Waals surface area contributed by atoms with Crippen molar-refractivity contribution in [2.45, 2.75) is 0 Å². The maximum absolute atomic E-state index is 12.1. The van der Waals surface area contributed by atoms with Crippen molar-refractivity contribution in [2.24, 2.45) is 5.10 Å². The minimum atomic E-state index is -0.402. The van der Waals surface area contributed by atoms with Crippen molar-refractivity contribution in [1.82, 2.24) is 14.8 Å². The van der Waals surface area contributed by atoms with Crippen LogP contribution < -0.4 is 5.43 Å². The van der Waals surface area contributed by atoms with E-state index in [1.54, 1.807) is 55.0 Å². The average molecular weight is 322 g/mol. The van der Waals surface area contributed by atoms with Crippen molar-refractivity contribution in [3.05, 3.63) is 71.7 Å². The summed E-state index contributed by atoms with van der Waals surface area (Å²) < 4.78 is 6.43. The summed E-state index contributed by atoms with van der Waals surface area (Å²) in [5.74, 6) is -0.732. The van der Waals surface area contributed by atoms with Gasteiger partial charge in [-0.15, -0.1) is 0 Å². The first-order chi connectivity index (χ1) is 11.7. The Kier molecular flexibility index (Phi) is 4.33. The summed E-state index contributed by atoms with van der Waals surface area (Å²) in [5.41, 5.74) is 4.80. The van der Waals surface area contributed by atoms with Crippen LogP contribution in [0.2, 0.25) is 0 Å². The molecule has 2 aromatic heterocycles. The van der Waals surface area contributed by atoms with E-state index < -0.39 is 5.97 Å². The van der Waals surface area contributed by atoms with Gasteiger partial charge in [-0.05, 0) is 29.8 Å². The van der Waals surface area contributed by atoms with Gasteiger partial charge < -0.3 is 9.14 Å². The molecule has 120 valence electrons. The Morgan fingerprint density at radius 1 is 1.17 bits per heavy atom. The number of carbonyl (C=O) groups excluding carboxylic acids is 2. The van der Waals surface area contributed by atoms with Crippen LogP contribution in [0.25, 0.3) is 5.65 Å². The normalized spacial score (nSPS) is 10.9. The number of ether oxygens (including phenoxy) is 1. The van der Waals surface area contributed by atoms with E-state index in [4.69, 9.17) is 0 Å². The molecule has 0 radical (unpaired) electrons. The molecule has 24 heavy (non-hydrogen) atoms. The number of fused-ring (bicyclic) bond motifs is 1. The number of amides is 1. The van der Waals surface area contributed by atoms with Crippen molar-refractivity contribution in [3.8, 4) is 0 Å². The molecule has 0 aliphatic carbocycles. The predicted octanol–water partition coefficient (Wildman–Crippen LogP) is 1.88. The van der Waals surface area contributed by atoms with E-state index in [0.29, 0.717) is 16.8 Å². The number of imidazole rings is 1. The van der Waals surface area contributed by atoms with E-state index in [0.717, 1.165) is 5.56 Å². The van der Waals surface area contributed by atoms with Crippen LogP contribution in [-0.4, -0.2) is 34.6 Å². The maximum atomic E-state index is 12.1. The van der Waals surface area contributed by atoms with Gasteiger partial charge in [-0.2, -0.15) is 5.10 Å². The first-order valence-corrected chi connectivity index (χ1v) is 7.12. The van der Waals surface area contributed by atoms with E-state index in [-0.39, 0.29) is 5.91 Å². The lowest BCUT2D eigenvalue weighted by Crippen LogP contribution is -2.17. The molecule has 0 aliphatic rings. The standard InChI is InChI=1S/C17H14N4O3/c1-24-17(23)13-4-2-12(3-5-13)11-19-20-16(22)14-6-8-21-9-7-18-15(21)10-14/h2-11H,1H3,(H,20,22). The number of hydrogen-bond donors (Lipinski definition) is 1. The molecular weight excluding hydrogens is 308 g/mol. The van der Waals surface area contributed by atoms with Crippen molar-refractivity contribution < 1.29 is 14.3 Å². The van der Waals surface area contributed by atoms with Crippen molar-refractivity contribution >= 4 is 23.7 Å². The van der Waals surface area contributed by atoms with E-state index in [1.807, 2.05) is 4.40 Å². The Morgan fingerprint density at radius 3 is 2.71 bits per heavy atom. The quantitative estimate of drug-likeness (QED) is 0.451. The number of esters is 1. The van der Waals surface area contributed by atoms with Gasteiger partial charge in [-0.1, -0.05) is 12.1 Å². The van der Waals surface area contributed by atoms with Gasteiger partial charge in [0.1, 0.15) is 5.65 Å². The number of hydrogen-bond acceptors (Lipinski definition) is 5. The summed E-state index contributed by atoms with van der Waals surface area (Å²) >= 11 is 0. The first-order valence-electron chi connectivity index (χ1n) is 7.12. The van der Waals surface area contributed by atoms with Crippen LogP contribution >= 0.6 is 0 Å². The molecule has 3 rings (SSSR count). The molecule has 1 amide bonds. The summed E-state index contributed by atoms with van der Waals surface area (Å²) in [5, 5.41) is 3.91. The van der Waals surface area contributed by atoms with Gasteiger partial charge >= 0.3 is 5.97 Å². The van der Waals surface area contributed by atoms with Gasteiger partial charge in [0.15, 0.2) is 0 Å². The minimum Gasteiger partial charge on any atom is -0.465 e. The zero-order chi connectivity index (χ0) is 16.9. The number of benzene rings is 1. The second-order valence-electron chi connectivity index (χ2n) is 4.92. The van der Waals surface area contributed by atoms with Gasteiger partial charge in [-0.25, -0.2) is 15.2 Å². The predicted molar refractivity (Wildman–Crippen MR) is 88.0 cm³/mol. The third-order valence-corrected chi connectivity index (χ3v) is 3.37. The molecule has 0 bridgehead atoms. The summed E-state index contributed by atoms with van der Waals surface area (Å²) in [6, 6.07) is 10.0. The first kappa shape index (κ1) is 15.4. The minimum absolute atomic E-state index is 0.331. The molecule has 0 spiro atoms. The van der Waals surface area contributed by atoms with E-state index in [9.17, 15) is 9.59 Å². The number of nitrogens with one attached hydrogen (secondary N) is 1. The van der Waals surface area contributed by atoms with Crippen molar-refractivity contribution in [2.75, 3.05) is 7.11 Å². The maximum Gasteiger partial charge on any atom is 0.337 e. The fraction of sp³-hybridized carbons (Fsp3) is 0.0588. The van der Waals surface area contributed by atoms with Gasteiger partial charge in [0.2, 0.25) is 0 Å².